The molecule has 136 valence electrons. The summed E-state index contributed by atoms with van der Waals surface area (Å²) in [5, 5.41) is 13.8. The Morgan fingerprint density at radius 3 is 2.59 bits per heavy atom. The van der Waals surface area contributed by atoms with E-state index in [1.54, 1.807) is 60.6 Å². The van der Waals surface area contributed by atoms with Crippen LogP contribution in [0.5, 0.6) is 0 Å². The van der Waals surface area contributed by atoms with Gasteiger partial charge in [-0.1, -0.05) is 6.07 Å². The van der Waals surface area contributed by atoms with E-state index in [0.717, 1.165) is 5.69 Å². The predicted molar refractivity (Wildman–Crippen MR) is 101 cm³/mol. The Bertz CT molecular complexity index is 990. The summed E-state index contributed by atoms with van der Waals surface area (Å²) >= 11 is 0. The molecule has 0 bridgehead atoms. The molecular formula is C18H16N6O3. The third kappa shape index (κ3) is 4.15. The normalized spacial score (nSPS) is 10.3. The van der Waals surface area contributed by atoms with Crippen LogP contribution in [0.1, 0.15) is 10.4 Å². The maximum Gasteiger partial charge on any atom is 0.269 e. The first-order valence-corrected chi connectivity index (χ1v) is 7.92. The molecule has 0 aliphatic heterocycles. The van der Waals surface area contributed by atoms with Crippen LogP contribution in [0.15, 0.2) is 60.8 Å². The lowest BCUT2D eigenvalue weighted by atomic mass is 10.2. The van der Waals surface area contributed by atoms with Crippen LogP contribution in [0.3, 0.4) is 0 Å². The Morgan fingerprint density at radius 2 is 1.93 bits per heavy atom. The first kappa shape index (κ1) is 17.8. The summed E-state index contributed by atoms with van der Waals surface area (Å²) < 4.78 is 0. The van der Waals surface area contributed by atoms with Crippen LogP contribution in [-0.4, -0.2) is 27.8 Å². The van der Waals surface area contributed by atoms with Gasteiger partial charge in [-0.2, -0.15) is 4.98 Å². The van der Waals surface area contributed by atoms with Crippen LogP contribution in [-0.2, 0) is 0 Å². The van der Waals surface area contributed by atoms with Gasteiger partial charge >= 0.3 is 0 Å². The van der Waals surface area contributed by atoms with Crippen LogP contribution in [0.25, 0.3) is 0 Å². The highest BCUT2D eigenvalue weighted by Crippen LogP contribution is 2.25. The molecule has 0 saturated heterocycles. The number of benzene rings is 2. The predicted octanol–water partition coefficient (Wildman–Crippen LogP) is 3.00. The zero-order valence-corrected chi connectivity index (χ0v) is 14.4. The van der Waals surface area contributed by atoms with E-state index < -0.39 is 10.8 Å². The number of aromatic nitrogens is 2. The zero-order valence-electron chi connectivity index (χ0n) is 14.4. The number of non-ortho nitro benzene ring substituents is 1. The van der Waals surface area contributed by atoms with Gasteiger partial charge in [-0.15, -0.1) is 0 Å². The van der Waals surface area contributed by atoms with Gasteiger partial charge in [0.2, 0.25) is 11.9 Å². The highest BCUT2D eigenvalue weighted by atomic mass is 16.6. The van der Waals surface area contributed by atoms with Gasteiger partial charge in [0.25, 0.3) is 5.69 Å². The van der Waals surface area contributed by atoms with Gasteiger partial charge in [-0.25, -0.2) is 4.98 Å². The molecule has 3 rings (SSSR count). The van der Waals surface area contributed by atoms with E-state index >= 15 is 0 Å². The monoisotopic (exact) mass is 364 g/mol. The number of primary amides is 1. The highest BCUT2D eigenvalue weighted by molar-refractivity contribution is 5.93. The molecule has 0 radical (unpaired) electrons. The lowest BCUT2D eigenvalue weighted by Crippen LogP contribution is -2.13. The van der Waals surface area contributed by atoms with Gasteiger partial charge in [-0.3, -0.25) is 14.9 Å². The molecule has 0 spiro atoms. The minimum Gasteiger partial charge on any atom is -0.366 e. The van der Waals surface area contributed by atoms with Gasteiger partial charge in [0.15, 0.2) is 0 Å². The van der Waals surface area contributed by atoms with Gasteiger partial charge in [0.1, 0.15) is 5.82 Å². The van der Waals surface area contributed by atoms with Crippen molar-refractivity contribution in [1.82, 2.24) is 9.97 Å². The minimum absolute atomic E-state index is 0.0199. The van der Waals surface area contributed by atoms with E-state index in [-0.39, 0.29) is 5.69 Å². The SMILES string of the molecule is CN(c1ccc([N+](=O)[O-])cc1)c1ccnc(Nc2cccc(C(N)=O)c2)n1. The zero-order chi connectivity index (χ0) is 19.4. The molecular weight excluding hydrogens is 348 g/mol. The van der Waals surface area contributed by atoms with Gasteiger partial charge in [-0.05, 0) is 36.4 Å². The smallest absolute Gasteiger partial charge is 0.269 e. The van der Waals surface area contributed by atoms with Gasteiger partial charge in [0.05, 0.1) is 4.92 Å². The van der Waals surface area contributed by atoms with Crippen LogP contribution in [0.4, 0.5) is 28.8 Å². The molecule has 1 amide bonds. The minimum atomic E-state index is -0.522. The molecule has 27 heavy (non-hydrogen) atoms. The summed E-state index contributed by atoms with van der Waals surface area (Å²) in [5.41, 5.74) is 7.04. The third-order valence-corrected chi connectivity index (χ3v) is 3.84. The summed E-state index contributed by atoms with van der Waals surface area (Å²) in [5.74, 6) is 0.404. The maximum atomic E-state index is 11.3. The van der Waals surface area contributed by atoms with E-state index in [0.29, 0.717) is 23.0 Å². The third-order valence-electron chi connectivity index (χ3n) is 3.84. The van der Waals surface area contributed by atoms with Crippen molar-refractivity contribution in [1.29, 1.82) is 0 Å². The number of nitro benzene ring substituents is 1. The molecule has 1 heterocycles. The fraction of sp³-hybridized carbons (Fsp3) is 0.0556. The summed E-state index contributed by atoms with van der Waals surface area (Å²) in [4.78, 5) is 32.0. The number of nitrogens with two attached hydrogens (primary N) is 1. The molecule has 0 aliphatic carbocycles. The quantitative estimate of drug-likeness (QED) is 0.508. The Kier molecular flexibility index (Phi) is 4.93. The number of nitrogens with zero attached hydrogens (tertiary/aromatic N) is 4. The Balaban J connectivity index is 1.81. The number of rotatable bonds is 6. The van der Waals surface area contributed by atoms with E-state index in [1.165, 1.54) is 12.1 Å². The molecule has 0 atom stereocenters. The number of carbonyl (C=O) groups is 1. The first-order valence-electron chi connectivity index (χ1n) is 7.92. The van der Waals surface area contributed by atoms with Crippen molar-refractivity contribution in [2.75, 3.05) is 17.3 Å². The number of nitrogens with one attached hydrogen (secondary N) is 1. The fourth-order valence-corrected chi connectivity index (χ4v) is 2.41. The van der Waals surface area contributed by atoms with Crippen molar-refractivity contribution < 1.29 is 9.72 Å². The number of nitro groups is 1. The molecule has 3 N–H and O–H groups in total. The molecule has 0 fully saturated rings. The molecule has 1 aromatic heterocycles. The number of carbonyl (C=O) groups excluding carboxylic acids is 1. The summed E-state index contributed by atoms with van der Waals surface area (Å²) in [6, 6.07) is 14.6. The van der Waals surface area contributed by atoms with Crippen molar-refractivity contribution in [3.05, 3.63) is 76.5 Å². The van der Waals surface area contributed by atoms with E-state index in [2.05, 4.69) is 15.3 Å². The Labute approximate surface area is 154 Å². The molecule has 9 heteroatoms. The topological polar surface area (TPSA) is 127 Å². The van der Waals surface area contributed by atoms with Crippen molar-refractivity contribution in [3.63, 3.8) is 0 Å². The van der Waals surface area contributed by atoms with Crippen molar-refractivity contribution in [2.24, 2.45) is 5.73 Å². The number of hydrogen-bond acceptors (Lipinski definition) is 7. The number of hydrogen-bond donors (Lipinski definition) is 2. The van der Waals surface area contributed by atoms with Crippen LogP contribution in [0, 0.1) is 10.1 Å². The van der Waals surface area contributed by atoms with E-state index in [4.69, 9.17) is 5.73 Å². The van der Waals surface area contributed by atoms with Crippen LogP contribution >= 0.6 is 0 Å². The van der Waals surface area contributed by atoms with E-state index in [9.17, 15) is 14.9 Å². The molecule has 0 unspecified atom stereocenters. The average Bonchev–Trinajstić information content (AvgIpc) is 2.68. The van der Waals surface area contributed by atoms with Crippen molar-refractivity contribution in [2.45, 2.75) is 0 Å². The summed E-state index contributed by atoms with van der Waals surface area (Å²) in [6.45, 7) is 0. The van der Waals surface area contributed by atoms with Crippen molar-refractivity contribution >= 4 is 34.7 Å². The molecule has 3 aromatic rings. The lowest BCUT2D eigenvalue weighted by Gasteiger charge is -2.18. The fourth-order valence-electron chi connectivity index (χ4n) is 2.41. The number of amides is 1. The molecule has 2 aromatic carbocycles. The molecule has 0 aliphatic rings. The second-order valence-electron chi connectivity index (χ2n) is 5.64. The van der Waals surface area contributed by atoms with Crippen molar-refractivity contribution in [3.8, 4) is 0 Å². The maximum absolute atomic E-state index is 11.3. The van der Waals surface area contributed by atoms with Gasteiger partial charge < -0.3 is 16.0 Å². The van der Waals surface area contributed by atoms with E-state index in [1.807, 2.05) is 0 Å². The highest BCUT2D eigenvalue weighted by Gasteiger charge is 2.10. The molecule has 9 nitrogen and oxygen atoms in total. The lowest BCUT2D eigenvalue weighted by molar-refractivity contribution is -0.384. The Hall–Kier alpha value is -4.01. The average molecular weight is 364 g/mol. The van der Waals surface area contributed by atoms with Crippen LogP contribution < -0.4 is 16.0 Å². The first-order chi connectivity index (χ1) is 12.9. The van der Waals surface area contributed by atoms with Crippen LogP contribution in [0.2, 0.25) is 0 Å². The second kappa shape index (κ2) is 7.48. The largest absolute Gasteiger partial charge is 0.366 e. The van der Waals surface area contributed by atoms with Gasteiger partial charge in [0, 0.05) is 42.3 Å². The Morgan fingerprint density at radius 1 is 1.19 bits per heavy atom. The number of anilines is 4. The standard InChI is InChI=1S/C18H16N6O3/c1-23(14-5-7-15(8-6-14)24(26)27)16-9-10-20-18(22-16)21-13-4-2-3-12(11-13)17(19)25/h2-11H,1H3,(H2,19,25)(H,20,21,22). The molecule has 0 saturated carbocycles. The second-order valence-corrected chi connectivity index (χ2v) is 5.64. The summed E-state index contributed by atoms with van der Waals surface area (Å²) in [7, 11) is 1.79. The summed E-state index contributed by atoms with van der Waals surface area (Å²) in [6.07, 6.45) is 1.59.